The summed E-state index contributed by atoms with van der Waals surface area (Å²) in [4.78, 5) is 17.8. The second kappa shape index (κ2) is 6.23. The number of esters is 1. The maximum absolute atomic E-state index is 11.4. The summed E-state index contributed by atoms with van der Waals surface area (Å²) in [6.07, 6.45) is 3.86. The smallest absolute Gasteiger partial charge is 0.338 e. The second-order valence-corrected chi connectivity index (χ2v) is 4.14. The van der Waals surface area contributed by atoms with Crippen molar-refractivity contribution >= 4 is 11.8 Å². The lowest BCUT2D eigenvalue weighted by atomic mass is 10.1. The zero-order valence-corrected chi connectivity index (χ0v) is 10.9. The summed E-state index contributed by atoms with van der Waals surface area (Å²) in [5.41, 5.74) is 0.535. The largest absolute Gasteiger partial charge is 0.465 e. The number of carbonyl (C=O) groups is 1. The number of aromatic nitrogens is 1. The van der Waals surface area contributed by atoms with Crippen LogP contribution in [-0.2, 0) is 4.74 Å². The van der Waals surface area contributed by atoms with Gasteiger partial charge in [0.25, 0.3) is 0 Å². The molecule has 0 aliphatic carbocycles. The Bertz CT molecular complexity index is 379. The van der Waals surface area contributed by atoms with Crippen molar-refractivity contribution in [3.63, 3.8) is 0 Å². The summed E-state index contributed by atoms with van der Waals surface area (Å²) in [6.45, 7) is 4.30. The molecule has 0 aliphatic rings. The Labute approximate surface area is 103 Å². The first-order valence-electron chi connectivity index (χ1n) is 5.87. The molecule has 4 nitrogen and oxygen atoms in total. The van der Waals surface area contributed by atoms with Gasteiger partial charge >= 0.3 is 5.97 Å². The van der Waals surface area contributed by atoms with Crippen molar-refractivity contribution < 1.29 is 9.53 Å². The van der Waals surface area contributed by atoms with Crippen molar-refractivity contribution in [2.75, 3.05) is 19.1 Å². The van der Waals surface area contributed by atoms with Gasteiger partial charge in [0.2, 0.25) is 0 Å². The highest BCUT2D eigenvalue weighted by molar-refractivity contribution is 5.90. The molecule has 0 N–H and O–H groups in total. The summed E-state index contributed by atoms with van der Waals surface area (Å²) >= 11 is 0. The van der Waals surface area contributed by atoms with E-state index in [2.05, 4.69) is 23.7 Å². The molecule has 0 amide bonds. The third kappa shape index (κ3) is 3.44. The van der Waals surface area contributed by atoms with Gasteiger partial charge in [0.05, 0.1) is 12.7 Å². The fourth-order valence-corrected chi connectivity index (χ4v) is 1.69. The number of ether oxygens (including phenoxy) is 1. The molecular weight excluding hydrogens is 216 g/mol. The lowest BCUT2D eigenvalue weighted by Crippen LogP contribution is -2.29. The van der Waals surface area contributed by atoms with Gasteiger partial charge < -0.3 is 9.64 Å². The van der Waals surface area contributed by atoms with E-state index in [0.717, 1.165) is 18.7 Å². The molecule has 17 heavy (non-hydrogen) atoms. The van der Waals surface area contributed by atoms with Gasteiger partial charge in [-0.2, -0.15) is 0 Å². The van der Waals surface area contributed by atoms with Gasteiger partial charge in [0.1, 0.15) is 5.82 Å². The fourth-order valence-electron chi connectivity index (χ4n) is 1.69. The summed E-state index contributed by atoms with van der Waals surface area (Å²) in [7, 11) is 3.37. The van der Waals surface area contributed by atoms with Gasteiger partial charge in [-0.1, -0.05) is 13.3 Å². The highest BCUT2D eigenvalue weighted by Crippen LogP contribution is 2.16. The molecule has 0 bridgehead atoms. The van der Waals surface area contributed by atoms with E-state index in [1.807, 2.05) is 7.05 Å². The van der Waals surface area contributed by atoms with E-state index in [9.17, 15) is 4.79 Å². The molecule has 1 heterocycles. The van der Waals surface area contributed by atoms with Gasteiger partial charge in [-0.05, 0) is 25.5 Å². The second-order valence-electron chi connectivity index (χ2n) is 4.14. The van der Waals surface area contributed by atoms with Gasteiger partial charge in [0, 0.05) is 19.3 Å². The maximum Gasteiger partial charge on any atom is 0.338 e. The van der Waals surface area contributed by atoms with Crippen LogP contribution in [-0.4, -0.2) is 31.2 Å². The molecule has 1 rings (SSSR count). The van der Waals surface area contributed by atoms with E-state index in [1.54, 1.807) is 18.3 Å². The van der Waals surface area contributed by atoms with Crippen LogP contribution in [0, 0.1) is 0 Å². The number of rotatable bonds is 5. The fraction of sp³-hybridized carbons (Fsp3) is 0.538. The van der Waals surface area contributed by atoms with Crippen LogP contribution in [0.2, 0.25) is 0 Å². The number of carbonyl (C=O) groups excluding carboxylic acids is 1. The molecule has 4 heteroatoms. The van der Waals surface area contributed by atoms with Gasteiger partial charge in [-0.15, -0.1) is 0 Å². The van der Waals surface area contributed by atoms with E-state index < -0.39 is 0 Å². The molecule has 0 saturated heterocycles. The van der Waals surface area contributed by atoms with Gasteiger partial charge in [0.15, 0.2) is 0 Å². The topological polar surface area (TPSA) is 42.4 Å². The number of methoxy groups -OCH3 is 1. The number of anilines is 1. The van der Waals surface area contributed by atoms with Crippen molar-refractivity contribution in [3.05, 3.63) is 23.9 Å². The SMILES string of the molecule is CCCC(C)N(C)c1cc(C(=O)OC)ccn1. The van der Waals surface area contributed by atoms with Crippen LogP contribution in [0.4, 0.5) is 5.82 Å². The molecular formula is C13H20N2O2. The molecule has 1 atom stereocenters. The molecule has 0 saturated carbocycles. The maximum atomic E-state index is 11.4. The highest BCUT2D eigenvalue weighted by atomic mass is 16.5. The Morgan fingerprint density at radius 2 is 2.29 bits per heavy atom. The molecule has 1 unspecified atom stereocenters. The summed E-state index contributed by atoms with van der Waals surface area (Å²) in [5.74, 6) is 0.471. The lowest BCUT2D eigenvalue weighted by Gasteiger charge is -2.25. The van der Waals surface area contributed by atoms with Crippen molar-refractivity contribution in [1.82, 2.24) is 4.98 Å². The van der Waals surface area contributed by atoms with Gasteiger partial charge in [-0.3, -0.25) is 0 Å². The zero-order valence-electron chi connectivity index (χ0n) is 10.9. The van der Waals surface area contributed by atoms with Crippen molar-refractivity contribution in [2.45, 2.75) is 32.7 Å². The van der Waals surface area contributed by atoms with Crippen LogP contribution in [0.1, 0.15) is 37.0 Å². The average Bonchev–Trinajstić information content (AvgIpc) is 2.37. The standard InChI is InChI=1S/C13H20N2O2/c1-5-6-10(2)15(3)12-9-11(7-8-14-12)13(16)17-4/h7-10H,5-6H2,1-4H3. The molecule has 0 spiro atoms. The zero-order chi connectivity index (χ0) is 12.8. The molecule has 0 aliphatic heterocycles. The van der Waals surface area contributed by atoms with Gasteiger partial charge in [-0.25, -0.2) is 9.78 Å². The predicted octanol–water partition coefficient (Wildman–Crippen LogP) is 2.49. The monoisotopic (exact) mass is 236 g/mol. The Kier molecular flexibility index (Phi) is 4.94. The Morgan fingerprint density at radius 1 is 1.59 bits per heavy atom. The molecule has 1 aromatic rings. The molecule has 0 aromatic carbocycles. The molecule has 1 aromatic heterocycles. The number of hydrogen-bond acceptors (Lipinski definition) is 4. The third-order valence-electron chi connectivity index (χ3n) is 2.90. The van der Waals surface area contributed by atoms with Crippen LogP contribution >= 0.6 is 0 Å². The summed E-state index contributed by atoms with van der Waals surface area (Å²) < 4.78 is 4.69. The Morgan fingerprint density at radius 3 is 2.88 bits per heavy atom. The van der Waals surface area contributed by atoms with E-state index in [1.165, 1.54) is 7.11 Å². The van der Waals surface area contributed by atoms with Crippen LogP contribution in [0.3, 0.4) is 0 Å². The van der Waals surface area contributed by atoms with E-state index in [0.29, 0.717) is 11.6 Å². The normalized spacial score (nSPS) is 12.0. The summed E-state index contributed by atoms with van der Waals surface area (Å²) in [5, 5.41) is 0. The number of pyridine rings is 1. The average molecular weight is 236 g/mol. The minimum Gasteiger partial charge on any atom is -0.465 e. The summed E-state index contributed by atoms with van der Waals surface area (Å²) in [6, 6.07) is 3.83. The van der Waals surface area contributed by atoms with E-state index >= 15 is 0 Å². The first-order chi connectivity index (χ1) is 8.10. The number of nitrogens with zero attached hydrogens (tertiary/aromatic N) is 2. The first kappa shape index (κ1) is 13.5. The van der Waals surface area contributed by atoms with E-state index in [-0.39, 0.29) is 5.97 Å². The lowest BCUT2D eigenvalue weighted by molar-refractivity contribution is 0.0600. The van der Waals surface area contributed by atoms with Crippen LogP contribution in [0.15, 0.2) is 18.3 Å². The predicted molar refractivity (Wildman–Crippen MR) is 68.3 cm³/mol. The number of hydrogen-bond donors (Lipinski definition) is 0. The molecule has 94 valence electrons. The van der Waals surface area contributed by atoms with Crippen molar-refractivity contribution in [1.29, 1.82) is 0 Å². The Hall–Kier alpha value is -1.58. The molecule has 0 radical (unpaired) electrons. The molecule has 0 fully saturated rings. The van der Waals surface area contributed by atoms with E-state index in [4.69, 9.17) is 4.74 Å². The highest BCUT2D eigenvalue weighted by Gasteiger charge is 2.13. The minimum absolute atomic E-state index is 0.329. The van der Waals surface area contributed by atoms with Crippen LogP contribution < -0.4 is 4.90 Å². The minimum atomic E-state index is -0.329. The Balaban J connectivity index is 2.87. The third-order valence-corrected chi connectivity index (χ3v) is 2.90. The van der Waals surface area contributed by atoms with Crippen molar-refractivity contribution in [2.24, 2.45) is 0 Å². The first-order valence-corrected chi connectivity index (χ1v) is 5.87. The quantitative estimate of drug-likeness (QED) is 0.737. The van der Waals surface area contributed by atoms with Crippen LogP contribution in [0.25, 0.3) is 0 Å². The van der Waals surface area contributed by atoms with Crippen molar-refractivity contribution in [3.8, 4) is 0 Å². The van der Waals surface area contributed by atoms with Crippen LogP contribution in [0.5, 0.6) is 0 Å².